The van der Waals surface area contributed by atoms with E-state index in [1.165, 1.54) is 0 Å². The second-order valence-electron chi connectivity index (χ2n) is 2.68. The van der Waals surface area contributed by atoms with Crippen molar-refractivity contribution in [2.45, 2.75) is 0 Å². The van der Waals surface area contributed by atoms with Gasteiger partial charge in [-0.3, -0.25) is 5.43 Å². The summed E-state index contributed by atoms with van der Waals surface area (Å²) in [7, 11) is 0. The molecule has 7 heteroatoms. The summed E-state index contributed by atoms with van der Waals surface area (Å²) in [6.07, 6.45) is 0. The summed E-state index contributed by atoms with van der Waals surface area (Å²) in [4.78, 5) is 1.55. The van der Waals surface area contributed by atoms with E-state index in [0.29, 0.717) is 0 Å². The van der Waals surface area contributed by atoms with Gasteiger partial charge >= 0.3 is 10.4 Å². The molecule has 0 aliphatic carbocycles. The first-order valence-electron chi connectivity index (χ1n) is 3.81. The Hall–Kier alpha value is -2.02. The van der Waals surface area contributed by atoms with Crippen LogP contribution in [0.3, 0.4) is 0 Å². The van der Waals surface area contributed by atoms with E-state index in [2.05, 4.69) is 32.0 Å². The zero-order valence-electron chi connectivity index (χ0n) is 6.57. The number of hydrogen-bond acceptors (Lipinski definition) is 5. The van der Waals surface area contributed by atoms with Crippen molar-refractivity contribution in [3.8, 4) is 0 Å². The van der Waals surface area contributed by atoms with Crippen LogP contribution >= 0.6 is 0 Å². The van der Waals surface area contributed by atoms with Gasteiger partial charge in [0.05, 0.1) is 4.79 Å². The third kappa shape index (κ3) is 0.812. The molecule has 0 unspecified atom stereocenters. The normalized spacial score (nSPS) is 13.5. The first-order chi connectivity index (χ1) is 6.45. The molecule has 0 radical (unpaired) electrons. The largest absolute Gasteiger partial charge is 0.415 e. The zero-order valence-corrected chi connectivity index (χ0v) is 6.57. The number of hydrogen-bond donors (Lipinski definition) is 3. The first-order valence-corrected chi connectivity index (χ1v) is 3.81. The molecule has 4 N–H and O–H groups in total. The van der Waals surface area contributed by atoms with E-state index in [0.717, 1.165) is 16.7 Å². The Labute approximate surface area is 72.7 Å². The number of rotatable bonds is 0. The molecule has 0 atom stereocenters. The van der Waals surface area contributed by atoms with Gasteiger partial charge in [-0.25, -0.2) is 0 Å². The number of benzene rings is 1. The molecule has 1 aromatic heterocycles. The molecule has 0 saturated carbocycles. The molecule has 3 rings (SSSR count). The summed E-state index contributed by atoms with van der Waals surface area (Å²) in [5.41, 5.74) is 11.3. The number of nitrogens with zero attached hydrogens (tertiary/aromatic N) is 3. The van der Waals surface area contributed by atoms with Gasteiger partial charge in [-0.2, -0.15) is 0 Å². The van der Waals surface area contributed by atoms with Gasteiger partial charge in [0.25, 0.3) is 5.52 Å². The molecule has 1 aliphatic rings. The van der Waals surface area contributed by atoms with Crippen molar-refractivity contribution in [2.75, 3.05) is 11.0 Å². The average Bonchev–Trinajstić information content (AvgIpc) is 2.19. The van der Waals surface area contributed by atoms with Gasteiger partial charge in [-0.15, -0.1) is 11.1 Å². The smallest absolute Gasteiger partial charge is 0.297 e. The van der Waals surface area contributed by atoms with E-state index in [1.54, 1.807) is 4.79 Å². The summed E-state index contributed by atoms with van der Waals surface area (Å²) in [6.45, 7) is 0. The zero-order chi connectivity index (χ0) is 8.67. The molecule has 0 spiro atoms. The minimum Gasteiger partial charge on any atom is -0.297 e. The Morgan fingerprint density at radius 2 is 2.38 bits per heavy atom. The lowest BCUT2D eigenvalue weighted by Gasteiger charge is -2.11. The van der Waals surface area contributed by atoms with E-state index in [-0.39, 0.29) is 0 Å². The van der Waals surface area contributed by atoms with E-state index in [4.69, 9.17) is 0 Å². The molecule has 0 saturated heterocycles. The Balaban J connectivity index is 2.49. The molecule has 0 bridgehead atoms. The molecule has 1 aromatic carbocycles. The highest BCUT2D eigenvalue weighted by Crippen LogP contribution is 2.15. The fourth-order valence-electron chi connectivity index (χ4n) is 1.35. The summed E-state index contributed by atoms with van der Waals surface area (Å²) in [5, 5.41) is 10.4. The number of nitrogens with one attached hydrogen (secondary N) is 4. The van der Waals surface area contributed by atoms with Crippen LogP contribution in [0.25, 0.3) is 11.0 Å². The number of aromatic nitrogens is 4. The van der Waals surface area contributed by atoms with Crippen LogP contribution in [0, 0.1) is 0 Å². The molecular formula is C6H7N7+2. The van der Waals surface area contributed by atoms with Crippen LogP contribution in [0.4, 0.5) is 5.69 Å². The third-order valence-electron chi connectivity index (χ3n) is 1.91. The Morgan fingerprint density at radius 1 is 1.38 bits per heavy atom. The van der Waals surface area contributed by atoms with Crippen molar-refractivity contribution in [2.24, 2.45) is 0 Å². The van der Waals surface area contributed by atoms with E-state index < -0.39 is 0 Å². The van der Waals surface area contributed by atoms with Crippen LogP contribution < -0.4 is 26.4 Å². The molecule has 2 heterocycles. The van der Waals surface area contributed by atoms with Gasteiger partial charge in [0.1, 0.15) is 5.69 Å². The highest BCUT2D eigenvalue weighted by atomic mass is 15.8. The maximum Gasteiger partial charge on any atom is 0.415 e. The number of anilines is 1. The maximum absolute atomic E-state index is 3.83. The lowest BCUT2D eigenvalue weighted by atomic mass is 10.2. The number of H-pyrrole nitrogens is 1. The summed E-state index contributed by atoms with van der Waals surface area (Å²) < 4.78 is 0. The Kier molecular flexibility index (Phi) is 1.12. The fourth-order valence-corrected chi connectivity index (χ4v) is 1.35. The average molecular weight is 177 g/mol. The molecule has 13 heavy (non-hydrogen) atoms. The van der Waals surface area contributed by atoms with E-state index >= 15 is 0 Å². The van der Waals surface area contributed by atoms with E-state index in [1.807, 2.05) is 18.2 Å². The summed E-state index contributed by atoms with van der Waals surface area (Å²) >= 11 is 0. The van der Waals surface area contributed by atoms with Gasteiger partial charge in [0.2, 0.25) is 5.52 Å². The monoisotopic (exact) mass is 177 g/mol. The lowest BCUT2D eigenvalue weighted by Crippen LogP contribution is -2.61. The predicted molar refractivity (Wildman–Crippen MR) is 42.4 cm³/mol. The van der Waals surface area contributed by atoms with Gasteiger partial charge in [-0.05, 0) is 17.2 Å². The third-order valence-corrected chi connectivity index (χ3v) is 1.91. The molecule has 64 valence electrons. The Bertz CT molecular complexity index is 429. The van der Waals surface area contributed by atoms with Crippen molar-refractivity contribution >= 4 is 16.7 Å². The highest BCUT2D eigenvalue weighted by molar-refractivity contribution is 5.82. The molecule has 2 aromatic rings. The topological polar surface area (TPSA) is 79.9 Å². The Morgan fingerprint density at radius 3 is 3.38 bits per heavy atom. The van der Waals surface area contributed by atoms with Gasteiger partial charge in [0, 0.05) is 0 Å². The first kappa shape index (κ1) is 6.49. The minimum absolute atomic E-state index is 0.911. The molecule has 1 aliphatic heterocycles. The SMILES string of the molecule is c1cc2c3c(c1)[nH+]nn[n+]3NNN2. The number of para-hydroxylation sites is 1. The van der Waals surface area contributed by atoms with Crippen molar-refractivity contribution in [3.63, 3.8) is 0 Å². The van der Waals surface area contributed by atoms with Gasteiger partial charge < -0.3 is 0 Å². The molecule has 7 nitrogen and oxygen atoms in total. The van der Waals surface area contributed by atoms with Crippen LogP contribution in [0.1, 0.15) is 0 Å². The minimum atomic E-state index is 0.911. The van der Waals surface area contributed by atoms with E-state index in [9.17, 15) is 0 Å². The van der Waals surface area contributed by atoms with Crippen LogP contribution in [0.2, 0.25) is 0 Å². The lowest BCUT2D eigenvalue weighted by molar-refractivity contribution is -0.716. The second-order valence-corrected chi connectivity index (χ2v) is 2.68. The van der Waals surface area contributed by atoms with Crippen molar-refractivity contribution < 1.29 is 9.89 Å². The number of aromatic amines is 1. The maximum atomic E-state index is 3.83. The van der Waals surface area contributed by atoms with Crippen LogP contribution in [-0.2, 0) is 0 Å². The molecular weight excluding hydrogens is 170 g/mol. The molecule has 0 fully saturated rings. The van der Waals surface area contributed by atoms with Crippen molar-refractivity contribution in [1.29, 1.82) is 0 Å². The standard InChI is InChI=1S/C6H5N7/c1-2-4-6-5(3-1)8-10-12-13(6)11-9-7-4/h1-3H,(H2,7,8,11,12)/p+2. The summed E-state index contributed by atoms with van der Waals surface area (Å²) in [6, 6.07) is 5.81. The second kappa shape index (κ2) is 2.23. The van der Waals surface area contributed by atoms with Gasteiger partial charge in [-0.1, -0.05) is 6.07 Å². The predicted octanol–water partition coefficient (Wildman–Crippen LogP) is -1.88. The number of hydrazine groups is 2. The fraction of sp³-hybridized carbons (Fsp3) is 0. The highest BCUT2D eigenvalue weighted by Gasteiger charge is 2.23. The quantitative estimate of drug-likeness (QED) is 0.410. The summed E-state index contributed by atoms with van der Waals surface area (Å²) in [5.74, 6) is 0. The molecule has 0 amide bonds. The van der Waals surface area contributed by atoms with Crippen molar-refractivity contribution in [3.05, 3.63) is 18.2 Å². The van der Waals surface area contributed by atoms with Crippen LogP contribution in [0.5, 0.6) is 0 Å². The van der Waals surface area contributed by atoms with Crippen molar-refractivity contribution in [1.82, 2.24) is 16.0 Å². The van der Waals surface area contributed by atoms with Crippen LogP contribution in [0.15, 0.2) is 18.2 Å². The van der Waals surface area contributed by atoms with Crippen LogP contribution in [-0.4, -0.2) is 10.4 Å². The van der Waals surface area contributed by atoms with Gasteiger partial charge in [0.15, 0.2) is 0 Å².